The molecule has 0 spiro atoms. The highest BCUT2D eigenvalue weighted by atomic mass is 32.2. The molecule has 184 valence electrons. The lowest BCUT2D eigenvalue weighted by atomic mass is 10.0. The van der Waals surface area contributed by atoms with E-state index in [4.69, 9.17) is 4.74 Å². The molecule has 0 N–H and O–H groups in total. The highest BCUT2D eigenvalue weighted by Gasteiger charge is 2.36. The van der Waals surface area contributed by atoms with Crippen LogP contribution in [0.5, 0.6) is 5.75 Å². The SMILES string of the molecule is O=C(Cc1ccc(-c2cncc(OCC(F)(F)F)c2)cc1)Cc1ccnc(CS(=O)(=O)C2CC2)n1. The number of halogens is 3. The number of ether oxygens (including phenoxy) is 1. The zero-order valence-electron chi connectivity index (χ0n) is 18.5. The van der Waals surface area contributed by atoms with Gasteiger partial charge in [-0.15, -0.1) is 0 Å². The number of ketones is 1. The average molecular weight is 506 g/mol. The summed E-state index contributed by atoms with van der Waals surface area (Å²) in [5.74, 6) is -0.121. The molecule has 11 heteroatoms. The fraction of sp³-hybridized carbons (Fsp3) is 0.333. The van der Waals surface area contributed by atoms with Crippen LogP contribution >= 0.6 is 0 Å². The van der Waals surface area contributed by atoms with Gasteiger partial charge >= 0.3 is 6.18 Å². The lowest BCUT2D eigenvalue weighted by molar-refractivity contribution is -0.153. The molecular formula is C24H22F3N3O4S. The molecular weight excluding hydrogens is 483 g/mol. The van der Waals surface area contributed by atoms with E-state index in [-0.39, 0.29) is 41.2 Å². The molecule has 1 saturated carbocycles. The van der Waals surface area contributed by atoms with Gasteiger partial charge in [-0.3, -0.25) is 9.78 Å². The number of aromatic nitrogens is 3. The Balaban J connectivity index is 1.35. The number of carbonyl (C=O) groups excluding carboxylic acids is 1. The van der Waals surface area contributed by atoms with E-state index in [2.05, 4.69) is 15.0 Å². The van der Waals surface area contributed by atoms with E-state index in [0.29, 0.717) is 29.7 Å². The molecule has 1 aliphatic carbocycles. The third-order valence-corrected chi connectivity index (χ3v) is 7.46. The number of sulfone groups is 1. The Kier molecular flexibility index (Phi) is 7.15. The van der Waals surface area contributed by atoms with Gasteiger partial charge in [-0.25, -0.2) is 18.4 Å². The minimum atomic E-state index is -4.44. The monoisotopic (exact) mass is 505 g/mol. The molecule has 0 amide bonds. The molecule has 1 aromatic carbocycles. The van der Waals surface area contributed by atoms with Crippen LogP contribution in [0.4, 0.5) is 13.2 Å². The second kappa shape index (κ2) is 10.1. The van der Waals surface area contributed by atoms with Crippen LogP contribution in [0.15, 0.2) is 55.0 Å². The first-order valence-electron chi connectivity index (χ1n) is 10.9. The molecule has 3 aromatic rings. The lowest BCUT2D eigenvalue weighted by Gasteiger charge is -2.10. The number of benzene rings is 1. The average Bonchev–Trinajstić information content (AvgIpc) is 3.64. The van der Waals surface area contributed by atoms with Crippen LogP contribution in [0.1, 0.15) is 29.9 Å². The van der Waals surface area contributed by atoms with Crippen LogP contribution in [-0.2, 0) is 33.2 Å². The topological polar surface area (TPSA) is 99.1 Å². The van der Waals surface area contributed by atoms with Gasteiger partial charge in [0.15, 0.2) is 16.4 Å². The standard InChI is InChI=1S/C24H22F3N3O4S/c25-24(26,27)15-34-21-10-18(12-28-13-21)17-3-1-16(2-4-17)9-20(31)11-19-7-8-29-23(30-19)14-35(32,33)22-5-6-22/h1-4,7-8,10,12-13,22H,5-6,9,11,14-15H2. The lowest BCUT2D eigenvalue weighted by Crippen LogP contribution is -2.19. The number of Topliss-reactive ketones (excluding diaryl/α,β-unsaturated/α-hetero) is 1. The Morgan fingerprint density at radius 2 is 1.77 bits per heavy atom. The highest BCUT2D eigenvalue weighted by molar-refractivity contribution is 7.91. The van der Waals surface area contributed by atoms with E-state index in [1.807, 2.05) is 0 Å². The van der Waals surface area contributed by atoms with Gasteiger partial charge in [-0.1, -0.05) is 24.3 Å². The molecule has 1 fully saturated rings. The Morgan fingerprint density at radius 1 is 1.03 bits per heavy atom. The smallest absolute Gasteiger partial charge is 0.422 e. The van der Waals surface area contributed by atoms with Gasteiger partial charge in [0.2, 0.25) is 0 Å². The van der Waals surface area contributed by atoms with E-state index in [9.17, 15) is 26.4 Å². The molecule has 7 nitrogen and oxygen atoms in total. The molecule has 0 radical (unpaired) electrons. The van der Waals surface area contributed by atoms with Crippen molar-refractivity contribution in [3.05, 3.63) is 72.1 Å². The zero-order chi connectivity index (χ0) is 25.1. The van der Waals surface area contributed by atoms with Crippen molar-refractivity contribution in [2.24, 2.45) is 0 Å². The van der Waals surface area contributed by atoms with Gasteiger partial charge in [0.05, 0.1) is 17.1 Å². The summed E-state index contributed by atoms with van der Waals surface area (Å²) in [4.78, 5) is 24.7. The Morgan fingerprint density at radius 3 is 2.46 bits per heavy atom. The number of carbonyl (C=O) groups is 1. The van der Waals surface area contributed by atoms with Crippen LogP contribution in [0, 0.1) is 0 Å². The summed E-state index contributed by atoms with van der Waals surface area (Å²) in [6.45, 7) is -1.40. The molecule has 2 heterocycles. The van der Waals surface area contributed by atoms with Crippen LogP contribution < -0.4 is 4.74 Å². The summed E-state index contributed by atoms with van der Waals surface area (Å²) in [7, 11) is -3.25. The Hall–Kier alpha value is -3.34. The van der Waals surface area contributed by atoms with Crippen molar-refractivity contribution in [2.75, 3.05) is 6.61 Å². The number of hydrogen-bond donors (Lipinski definition) is 0. The summed E-state index contributed by atoms with van der Waals surface area (Å²) in [6.07, 6.45) is 1.28. The van der Waals surface area contributed by atoms with E-state index in [1.54, 1.807) is 30.3 Å². The molecule has 0 aliphatic heterocycles. The molecule has 2 aromatic heterocycles. The minimum absolute atomic E-state index is 0.00762. The summed E-state index contributed by atoms with van der Waals surface area (Å²) >= 11 is 0. The maximum Gasteiger partial charge on any atom is 0.422 e. The van der Waals surface area contributed by atoms with Gasteiger partial charge < -0.3 is 4.74 Å². The van der Waals surface area contributed by atoms with Gasteiger partial charge in [-0.05, 0) is 36.1 Å². The molecule has 1 aliphatic rings. The van der Waals surface area contributed by atoms with Crippen molar-refractivity contribution >= 4 is 15.6 Å². The van der Waals surface area contributed by atoms with Gasteiger partial charge in [0.25, 0.3) is 0 Å². The largest absolute Gasteiger partial charge is 0.482 e. The van der Waals surface area contributed by atoms with Crippen molar-refractivity contribution in [3.63, 3.8) is 0 Å². The van der Waals surface area contributed by atoms with E-state index >= 15 is 0 Å². The number of nitrogens with zero attached hydrogens (tertiary/aromatic N) is 3. The second-order valence-electron chi connectivity index (χ2n) is 8.37. The van der Waals surface area contributed by atoms with Crippen molar-refractivity contribution in [3.8, 4) is 16.9 Å². The summed E-state index contributed by atoms with van der Waals surface area (Å²) in [6, 6.07) is 10.1. The number of alkyl halides is 3. The van der Waals surface area contributed by atoms with Gasteiger partial charge in [0.1, 0.15) is 23.1 Å². The first-order chi connectivity index (χ1) is 16.6. The summed E-state index contributed by atoms with van der Waals surface area (Å²) in [5, 5.41) is -0.301. The first kappa shape index (κ1) is 24.8. The van der Waals surface area contributed by atoms with E-state index < -0.39 is 22.6 Å². The molecule has 0 unspecified atom stereocenters. The van der Waals surface area contributed by atoms with E-state index in [0.717, 1.165) is 5.56 Å². The highest BCUT2D eigenvalue weighted by Crippen LogP contribution is 2.30. The van der Waals surface area contributed by atoms with Crippen molar-refractivity contribution in [2.45, 2.75) is 42.9 Å². The fourth-order valence-corrected chi connectivity index (χ4v) is 5.05. The zero-order valence-corrected chi connectivity index (χ0v) is 19.3. The maximum atomic E-state index is 12.6. The van der Waals surface area contributed by atoms with Crippen LogP contribution in [0.3, 0.4) is 0 Å². The van der Waals surface area contributed by atoms with Crippen LogP contribution in [0.25, 0.3) is 11.1 Å². The second-order valence-corrected chi connectivity index (χ2v) is 10.7. The van der Waals surface area contributed by atoms with Gasteiger partial charge in [0, 0.05) is 30.8 Å². The summed E-state index contributed by atoms with van der Waals surface area (Å²) in [5.41, 5.74) is 2.51. The fourth-order valence-electron chi connectivity index (χ4n) is 3.46. The number of pyridine rings is 1. The van der Waals surface area contributed by atoms with Crippen molar-refractivity contribution < 1.29 is 31.1 Å². The van der Waals surface area contributed by atoms with Crippen molar-refractivity contribution in [1.29, 1.82) is 0 Å². The molecule has 0 bridgehead atoms. The predicted octanol–water partition coefficient (Wildman–Crippen LogP) is 3.91. The normalized spacial score (nSPS) is 14.0. The summed E-state index contributed by atoms with van der Waals surface area (Å²) < 4.78 is 66.1. The molecule has 35 heavy (non-hydrogen) atoms. The Labute approximate surface area is 200 Å². The number of hydrogen-bond acceptors (Lipinski definition) is 7. The third-order valence-electron chi connectivity index (χ3n) is 5.31. The number of rotatable bonds is 10. The predicted molar refractivity (Wildman–Crippen MR) is 121 cm³/mol. The van der Waals surface area contributed by atoms with Crippen molar-refractivity contribution in [1.82, 2.24) is 15.0 Å². The van der Waals surface area contributed by atoms with Crippen LogP contribution in [-0.4, -0.2) is 47.2 Å². The van der Waals surface area contributed by atoms with Gasteiger partial charge in [-0.2, -0.15) is 13.2 Å². The first-order valence-corrected chi connectivity index (χ1v) is 12.6. The van der Waals surface area contributed by atoms with Crippen LogP contribution in [0.2, 0.25) is 0 Å². The van der Waals surface area contributed by atoms with E-state index in [1.165, 1.54) is 24.7 Å². The third kappa shape index (κ3) is 7.32. The quantitative estimate of drug-likeness (QED) is 0.412. The Bertz CT molecular complexity index is 1310. The molecule has 4 rings (SSSR count). The molecule has 0 saturated heterocycles. The maximum absolute atomic E-state index is 12.6. The molecule has 0 atom stereocenters. The minimum Gasteiger partial charge on any atom is -0.482 e.